The molecule has 0 radical (unpaired) electrons. The van der Waals surface area contributed by atoms with Gasteiger partial charge < -0.3 is 25.7 Å². The number of pyridine rings is 1. The fourth-order valence-corrected chi connectivity index (χ4v) is 1.85. The van der Waals surface area contributed by atoms with E-state index in [-0.39, 0.29) is 5.69 Å². The average molecular weight is 336 g/mol. The highest BCUT2D eigenvalue weighted by molar-refractivity contribution is 6.10. The number of hydrogen-bond donors (Lipinski definition) is 5. The first-order valence-electron chi connectivity index (χ1n) is 6.20. The van der Waals surface area contributed by atoms with Gasteiger partial charge in [0.1, 0.15) is 17.1 Å². The number of nitrogens with one attached hydrogen (secondary N) is 1. The molecule has 0 saturated carbocycles. The summed E-state index contributed by atoms with van der Waals surface area (Å²) in [7, 11) is 0. The zero-order valence-corrected chi connectivity index (χ0v) is 11.6. The van der Waals surface area contributed by atoms with Crippen molar-refractivity contribution in [1.82, 2.24) is 4.98 Å². The van der Waals surface area contributed by atoms with Crippen LogP contribution >= 0.6 is 0 Å². The second-order valence-corrected chi connectivity index (χ2v) is 4.51. The number of phenols is 2. The van der Waals surface area contributed by atoms with E-state index < -0.39 is 52.0 Å². The van der Waals surface area contributed by atoms with Gasteiger partial charge in [0.25, 0.3) is 5.91 Å². The number of aromatic nitrogens is 1. The Balaban J connectivity index is 2.45. The van der Waals surface area contributed by atoms with E-state index in [9.17, 15) is 29.0 Å². The zero-order chi connectivity index (χ0) is 18.0. The number of aromatic carboxylic acids is 2. The number of nitrogens with zero attached hydrogens (tertiary/aromatic N) is 1. The van der Waals surface area contributed by atoms with E-state index in [1.807, 2.05) is 0 Å². The Kier molecular flexibility index (Phi) is 4.31. The highest BCUT2D eigenvalue weighted by atomic mass is 19.1. The number of carboxylic acids is 2. The Morgan fingerprint density at radius 3 is 2.12 bits per heavy atom. The molecule has 9 nitrogen and oxygen atoms in total. The quantitative estimate of drug-likeness (QED) is 0.413. The van der Waals surface area contributed by atoms with Crippen molar-refractivity contribution in [3.05, 3.63) is 47.0 Å². The number of carbonyl (C=O) groups excluding carboxylic acids is 1. The van der Waals surface area contributed by atoms with Crippen LogP contribution in [-0.4, -0.2) is 43.3 Å². The van der Waals surface area contributed by atoms with Gasteiger partial charge in [0, 0.05) is 6.07 Å². The number of rotatable bonds is 4. The molecule has 1 aromatic carbocycles. The Morgan fingerprint density at radius 1 is 0.958 bits per heavy atom. The summed E-state index contributed by atoms with van der Waals surface area (Å²) in [5.41, 5.74) is -2.33. The Bertz CT molecular complexity index is 866. The average Bonchev–Trinajstić information content (AvgIpc) is 2.50. The molecule has 1 amide bonds. The third-order valence-electron chi connectivity index (χ3n) is 2.92. The van der Waals surface area contributed by atoms with Gasteiger partial charge in [-0.05, 0) is 12.1 Å². The van der Waals surface area contributed by atoms with Gasteiger partial charge in [0.2, 0.25) is 5.95 Å². The fourth-order valence-electron chi connectivity index (χ4n) is 1.85. The van der Waals surface area contributed by atoms with Crippen LogP contribution in [0.25, 0.3) is 0 Å². The maximum absolute atomic E-state index is 13.0. The lowest BCUT2D eigenvalue weighted by molar-refractivity contribution is 0.0684. The van der Waals surface area contributed by atoms with Gasteiger partial charge in [-0.25, -0.2) is 14.6 Å². The van der Waals surface area contributed by atoms with Crippen molar-refractivity contribution >= 4 is 23.5 Å². The summed E-state index contributed by atoms with van der Waals surface area (Å²) in [6, 6.07) is 2.09. The third kappa shape index (κ3) is 3.21. The lowest BCUT2D eigenvalue weighted by Crippen LogP contribution is -2.16. The van der Waals surface area contributed by atoms with Crippen LogP contribution in [0, 0.1) is 5.95 Å². The summed E-state index contributed by atoms with van der Waals surface area (Å²) >= 11 is 0. The van der Waals surface area contributed by atoms with Gasteiger partial charge >= 0.3 is 11.9 Å². The minimum absolute atomic E-state index is 0.381. The number of hydrogen-bond acceptors (Lipinski definition) is 6. The molecule has 0 fully saturated rings. The van der Waals surface area contributed by atoms with E-state index in [1.54, 1.807) is 0 Å². The number of phenolic OH excluding ortho intramolecular Hbond substituents is 1. The smallest absolute Gasteiger partial charge is 0.339 e. The predicted octanol–water partition coefficient (Wildman–Crippen LogP) is 1.28. The summed E-state index contributed by atoms with van der Waals surface area (Å²) in [5, 5.41) is 39.2. The van der Waals surface area contributed by atoms with Gasteiger partial charge in [-0.3, -0.25) is 4.79 Å². The minimum atomic E-state index is -1.59. The van der Waals surface area contributed by atoms with Crippen molar-refractivity contribution in [3.63, 3.8) is 0 Å². The maximum atomic E-state index is 13.0. The topological polar surface area (TPSA) is 157 Å². The predicted molar refractivity (Wildman–Crippen MR) is 75.8 cm³/mol. The number of aromatic hydroxyl groups is 2. The molecule has 2 rings (SSSR count). The van der Waals surface area contributed by atoms with Crippen LogP contribution in [0.3, 0.4) is 0 Å². The lowest BCUT2D eigenvalue weighted by Gasteiger charge is -2.11. The monoisotopic (exact) mass is 336 g/mol. The van der Waals surface area contributed by atoms with Crippen molar-refractivity contribution in [2.24, 2.45) is 0 Å². The van der Waals surface area contributed by atoms with Crippen LogP contribution in [0.5, 0.6) is 11.5 Å². The highest BCUT2D eigenvalue weighted by Crippen LogP contribution is 2.29. The Hall–Kier alpha value is -3.69. The molecule has 0 aliphatic rings. The lowest BCUT2D eigenvalue weighted by atomic mass is 10.1. The molecule has 0 bridgehead atoms. The zero-order valence-electron chi connectivity index (χ0n) is 11.6. The van der Waals surface area contributed by atoms with E-state index in [0.717, 1.165) is 18.3 Å². The molecule has 2 aromatic rings. The summed E-state index contributed by atoms with van der Waals surface area (Å²) in [4.78, 5) is 37.3. The number of anilines is 1. The molecule has 1 aromatic heterocycles. The van der Waals surface area contributed by atoms with Gasteiger partial charge in [0.05, 0.1) is 23.0 Å². The number of carboxylic acid groups (broad SMARTS) is 2. The van der Waals surface area contributed by atoms with Gasteiger partial charge in [-0.1, -0.05) is 0 Å². The van der Waals surface area contributed by atoms with Gasteiger partial charge in [-0.15, -0.1) is 0 Å². The van der Waals surface area contributed by atoms with Crippen molar-refractivity contribution in [3.8, 4) is 11.5 Å². The van der Waals surface area contributed by atoms with Crippen molar-refractivity contribution in [2.75, 3.05) is 5.32 Å². The molecule has 10 heteroatoms. The van der Waals surface area contributed by atoms with Crippen LogP contribution in [0.2, 0.25) is 0 Å². The first-order valence-corrected chi connectivity index (χ1v) is 6.20. The first kappa shape index (κ1) is 16.7. The van der Waals surface area contributed by atoms with Crippen LogP contribution in [0.4, 0.5) is 10.1 Å². The van der Waals surface area contributed by atoms with Crippen LogP contribution < -0.4 is 5.32 Å². The van der Waals surface area contributed by atoms with Crippen molar-refractivity contribution in [2.45, 2.75) is 0 Å². The summed E-state index contributed by atoms with van der Waals surface area (Å²) in [5.74, 6) is -6.87. The molecule has 0 aliphatic carbocycles. The van der Waals surface area contributed by atoms with Crippen LogP contribution in [-0.2, 0) is 0 Å². The number of halogens is 1. The standard InChI is InChI=1S/C14H9FN2O7/c15-10-3-6(13(21)22)9(4-16-10)17-12(20)7-1-5(18)2-8(11(7)19)14(23)24/h1-4,18-19H,(H,17,20)(H,21,22)(H,23,24). The highest BCUT2D eigenvalue weighted by Gasteiger charge is 2.22. The van der Waals surface area contributed by atoms with Crippen LogP contribution in [0.15, 0.2) is 24.4 Å². The van der Waals surface area contributed by atoms with Gasteiger partial charge in [0.15, 0.2) is 0 Å². The molecule has 0 unspecified atom stereocenters. The molecule has 0 aliphatic heterocycles. The van der Waals surface area contributed by atoms with Crippen molar-refractivity contribution in [1.29, 1.82) is 0 Å². The van der Waals surface area contributed by atoms with Crippen LogP contribution in [0.1, 0.15) is 31.1 Å². The van der Waals surface area contributed by atoms with Gasteiger partial charge in [-0.2, -0.15) is 4.39 Å². The molecule has 24 heavy (non-hydrogen) atoms. The number of amides is 1. The number of benzene rings is 1. The Labute approximate surface area is 132 Å². The second-order valence-electron chi connectivity index (χ2n) is 4.51. The van der Waals surface area contributed by atoms with E-state index in [0.29, 0.717) is 6.07 Å². The maximum Gasteiger partial charge on any atom is 0.339 e. The van der Waals surface area contributed by atoms with E-state index in [2.05, 4.69) is 10.3 Å². The first-order chi connectivity index (χ1) is 11.2. The molecule has 5 N–H and O–H groups in total. The minimum Gasteiger partial charge on any atom is -0.508 e. The third-order valence-corrected chi connectivity index (χ3v) is 2.92. The molecule has 1 heterocycles. The molecule has 0 saturated heterocycles. The number of carbonyl (C=O) groups is 3. The molecule has 124 valence electrons. The summed E-state index contributed by atoms with van der Waals surface area (Å²) in [6.07, 6.45) is 0.745. The molecule has 0 spiro atoms. The second kappa shape index (κ2) is 6.20. The molecule has 0 atom stereocenters. The summed E-state index contributed by atoms with van der Waals surface area (Å²) < 4.78 is 13.0. The normalized spacial score (nSPS) is 10.2. The Morgan fingerprint density at radius 2 is 1.54 bits per heavy atom. The van der Waals surface area contributed by atoms with Crippen molar-refractivity contribution < 1.29 is 39.2 Å². The molecular weight excluding hydrogens is 327 g/mol. The fraction of sp³-hybridized carbons (Fsp3) is 0. The van der Waals surface area contributed by atoms with E-state index in [4.69, 9.17) is 10.2 Å². The van der Waals surface area contributed by atoms with E-state index >= 15 is 0 Å². The molecular formula is C14H9FN2O7. The van der Waals surface area contributed by atoms with E-state index in [1.165, 1.54) is 0 Å². The summed E-state index contributed by atoms with van der Waals surface area (Å²) in [6.45, 7) is 0. The largest absolute Gasteiger partial charge is 0.508 e. The SMILES string of the molecule is O=C(O)c1cc(F)ncc1NC(=O)c1cc(O)cc(C(=O)O)c1O.